The van der Waals surface area contributed by atoms with E-state index in [0.717, 1.165) is 24.0 Å². The van der Waals surface area contributed by atoms with Crippen molar-refractivity contribution in [3.05, 3.63) is 59.7 Å². The Labute approximate surface area is 150 Å². The number of fused-ring (bicyclic) bond motifs is 1. The average Bonchev–Trinajstić information content (AvgIpc) is 3.02. The lowest BCUT2D eigenvalue weighted by Gasteiger charge is -2.09. The predicted molar refractivity (Wildman–Crippen MR) is 91.9 cm³/mol. The predicted octanol–water partition coefficient (Wildman–Crippen LogP) is 4.09. The molecule has 0 saturated heterocycles. The number of hydrogen-bond donors (Lipinski definition) is 1. The number of oxazole rings is 1. The fourth-order valence-electron chi connectivity index (χ4n) is 2.11. The smallest absolute Gasteiger partial charge is 0.417 e. The van der Waals surface area contributed by atoms with Crippen LogP contribution in [-0.4, -0.2) is 22.9 Å². The highest BCUT2D eigenvalue weighted by Crippen LogP contribution is 2.31. The van der Waals surface area contributed by atoms with E-state index in [1.165, 1.54) is 18.2 Å². The number of nitrogens with one attached hydrogen (secondary N) is 1. The molecule has 134 valence electrons. The lowest BCUT2D eigenvalue weighted by molar-refractivity contribution is -0.137. The van der Waals surface area contributed by atoms with Crippen molar-refractivity contribution in [3.8, 4) is 0 Å². The van der Waals surface area contributed by atoms with Crippen molar-refractivity contribution in [3.63, 3.8) is 0 Å². The van der Waals surface area contributed by atoms with Gasteiger partial charge in [-0.2, -0.15) is 18.3 Å². The molecule has 0 spiro atoms. The highest BCUT2D eigenvalue weighted by molar-refractivity contribution is 7.99. The maximum absolute atomic E-state index is 12.9. The summed E-state index contributed by atoms with van der Waals surface area (Å²) in [6.07, 6.45) is -3.53. The second kappa shape index (κ2) is 7.61. The Hall–Kier alpha value is -2.81. The van der Waals surface area contributed by atoms with Gasteiger partial charge in [-0.05, 0) is 18.2 Å². The summed E-state index contributed by atoms with van der Waals surface area (Å²) in [6, 6.07) is 12.1. The van der Waals surface area contributed by atoms with Gasteiger partial charge in [-0.25, -0.2) is 10.4 Å². The van der Waals surface area contributed by atoms with Crippen LogP contribution >= 0.6 is 11.8 Å². The number of hydrogen-bond acceptors (Lipinski definition) is 5. The lowest BCUT2D eigenvalue weighted by Crippen LogP contribution is -2.20. The molecule has 3 aromatic rings. The highest BCUT2D eigenvalue weighted by atomic mass is 32.2. The standard InChI is InChI=1S/C17H12F3N3O2S/c18-17(19,20)12-6-2-1-5-11(12)9-21-23-15(24)10-26-16-22-13-7-3-4-8-14(13)25-16/h1-9H,10H2,(H,23,24)/b21-9+. The Morgan fingerprint density at radius 2 is 1.92 bits per heavy atom. The van der Waals surface area contributed by atoms with Crippen LogP contribution in [0.4, 0.5) is 13.2 Å². The van der Waals surface area contributed by atoms with E-state index < -0.39 is 17.6 Å². The minimum absolute atomic E-state index is 0.0366. The van der Waals surface area contributed by atoms with Crippen LogP contribution in [0.25, 0.3) is 11.1 Å². The minimum Gasteiger partial charge on any atom is -0.431 e. The number of rotatable bonds is 5. The zero-order chi connectivity index (χ0) is 18.6. The zero-order valence-corrected chi connectivity index (χ0v) is 14.0. The van der Waals surface area contributed by atoms with Gasteiger partial charge in [0, 0.05) is 5.56 Å². The van der Waals surface area contributed by atoms with Crippen molar-refractivity contribution >= 4 is 35.0 Å². The molecule has 5 nitrogen and oxygen atoms in total. The van der Waals surface area contributed by atoms with E-state index in [-0.39, 0.29) is 11.3 Å². The summed E-state index contributed by atoms with van der Waals surface area (Å²) in [5.74, 6) is -0.525. The molecule has 0 unspecified atom stereocenters. The van der Waals surface area contributed by atoms with E-state index >= 15 is 0 Å². The van der Waals surface area contributed by atoms with E-state index in [1.54, 1.807) is 12.1 Å². The zero-order valence-electron chi connectivity index (χ0n) is 13.2. The summed E-state index contributed by atoms with van der Waals surface area (Å²) in [4.78, 5) is 16.0. The lowest BCUT2D eigenvalue weighted by atomic mass is 10.1. The van der Waals surface area contributed by atoms with Crippen molar-refractivity contribution in [2.45, 2.75) is 11.4 Å². The van der Waals surface area contributed by atoms with Gasteiger partial charge in [-0.1, -0.05) is 42.1 Å². The molecule has 1 aromatic heterocycles. The molecular weight excluding hydrogens is 367 g/mol. The summed E-state index contributed by atoms with van der Waals surface area (Å²) >= 11 is 1.06. The fraction of sp³-hybridized carbons (Fsp3) is 0.118. The number of nitrogens with zero attached hydrogens (tertiary/aromatic N) is 2. The molecule has 0 fully saturated rings. The number of amides is 1. The number of aromatic nitrogens is 1. The van der Waals surface area contributed by atoms with Gasteiger partial charge in [0.15, 0.2) is 5.58 Å². The summed E-state index contributed by atoms with van der Waals surface area (Å²) in [7, 11) is 0. The number of carbonyl (C=O) groups excluding carboxylic acids is 1. The van der Waals surface area contributed by atoms with Gasteiger partial charge >= 0.3 is 6.18 Å². The van der Waals surface area contributed by atoms with Crippen molar-refractivity contribution in [1.82, 2.24) is 10.4 Å². The van der Waals surface area contributed by atoms with E-state index in [0.29, 0.717) is 16.3 Å². The molecule has 1 N–H and O–H groups in total. The summed E-state index contributed by atoms with van der Waals surface area (Å²) in [5.41, 5.74) is 2.52. The van der Waals surface area contributed by atoms with E-state index in [4.69, 9.17) is 4.42 Å². The fourth-order valence-corrected chi connectivity index (χ4v) is 2.74. The Kier molecular flexibility index (Phi) is 5.27. The third kappa shape index (κ3) is 4.42. The molecule has 26 heavy (non-hydrogen) atoms. The first kappa shape index (κ1) is 18.0. The summed E-state index contributed by atoms with van der Waals surface area (Å²) in [6.45, 7) is 0. The summed E-state index contributed by atoms with van der Waals surface area (Å²) < 4.78 is 44.0. The molecule has 0 atom stereocenters. The minimum atomic E-state index is -4.49. The van der Waals surface area contributed by atoms with Crippen LogP contribution in [0.1, 0.15) is 11.1 Å². The maximum atomic E-state index is 12.9. The van der Waals surface area contributed by atoms with Crippen molar-refractivity contribution in [1.29, 1.82) is 0 Å². The number of hydrazone groups is 1. The van der Waals surface area contributed by atoms with Gasteiger partial charge in [0.2, 0.25) is 0 Å². The number of carbonyl (C=O) groups is 1. The molecule has 0 radical (unpaired) electrons. The topological polar surface area (TPSA) is 67.5 Å². The van der Waals surface area contributed by atoms with Crippen molar-refractivity contribution in [2.24, 2.45) is 5.10 Å². The second-order valence-electron chi connectivity index (χ2n) is 5.11. The number of halogens is 3. The normalized spacial score (nSPS) is 12.0. The molecule has 2 aromatic carbocycles. The molecule has 9 heteroatoms. The van der Waals surface area contributed by atoms with E-state index in [1.807, 2.05) is 12.1 Å². The van der Waals surface area contributed by atoms with Gasteiger partial charge in [-0.3, -0.25) is 4.79 Å². The Morgan fingerprint density at radius 1 is 1.19 bits per heavy atom. The number of alkyl halides is 3. The molecule has 3 rings (SSSR count). The average molecular weight is 379 g/mol. The molecule has 1 amide bonds. The van der Waals surface area contributed by atoms with Crippen molar-refractivity contribution < 1.29 is 22.4 Å². The molecule has 0 aliphatic heterocycles. The molecule has 1 heterocycles. The van der Waals surface area contributed by atoms with Crippen molar-refractivity contribution in [2.75, 3.05) is 5.75 Å². The van der Waals surface area contributed by atoms with Crippen LogP contribution in [0.2, 0.25) is 0 Å². The summed E-state index contributed by atoms with van der Waals surface area (Å²) in [5, 5.41) is 3.91. The largest absolute Gasteiger partial charge is 0.431 e. The number of benzene rings is 2. The van der Waals surface area contributed by atoms with Crippen LogP contribution in [-0.2, 0) is 11.0 Å². The monoisotopic (exact) mass is 379 g/mol. The Morgan fingerprint density at radius 3 is 2.69 bits per heavy atom. The van der Waals surface area contributed by atoms with Gasteiger partial charge in [0.1, 0.15) is 5.52 Å². The third-order valence-corrected chi connectivity index (χ3v) is 4.09. The first-order valence-electron chi connectivity index (χ1n) is 7.40. The van der Waals surface area contributed by atoms with E-state index in [9.17, 15) is 18.0 Å². The molecule has 0 bridgehead atoms. The second-order valence-corrected chi connectivity index (χ2v) is 6.04. The first-order valence-corrected chi connectivity index (χ1v) is 8.38. The SMILES string of the molecule is O=C(CSc1nc2ccccc2o1)N/N=C/c1ccccc1C(F)(F)F. The molecule has 0 saturated carbocycles. The van der Waals surface area contributed by atoms with Gasteiger partial charge in [0.05, 0.1) is 17.5 Å². The maximum Gasteiger partial charge on any atom is 0.417 e. The quantitative estimate of drug-likeness (QED) is 0.412. The van der Waals surface area contributed by atoms with Crippen LogP contribution in [0.15, 0.2) is 63.3 Å². The number of para-hydroxylation sites is 2. The van der Waals surface area contributed by atoms with Gasteiger partial charge in [0.25, 0.3) is 11.1 Å². The Balaban J connectivity index is 1.57. The third-order valence-electron chi connectivity index (χ3n) is 3.26. The number of thioether (sulfide) groups is 1. The van der Waals surface area contributed by atoms with Gasteiger partial charge in [-0.15, -0.1) is 0 Å². The molecular formula is C17H12F3N3O2S. The van der Waals surface area contributed by atoms with Crippen LogP contribution in [0.5, 0.6) is 0 Å². The van der Waals surface area contributed by atoms with Crippen LogP contribution in [0, 0.1) is 0 Å². The Bertz CT molecular complexity index is 921. The molecule has 0 aliphatic rings. The first-order chi connectivity index (χ1) is 12.4. The van der Waals surface area contributed by atoms with Crippen LogP contribution in [0.3, 0.4) is 0 Å². The van der Waals surface area contributed by atoms with E-state index in [2.05, 4.69) is 15.5 Å². The molecule has 0 aliphatic carbocycles. The highest BCUT2D eigenvalue weighted by Gasteiger charge is 2.32. The van der Waals surface area contributed by atoms with Crippen LogP contribution < -0.4 is 5.43 Å². The van der Waals surface area contributed by atoms with Gasteiger partial charge < -0.3 is 4.42 Å².